The number of para-hydroxylation sites is 1. The van der Waals surface area contributed by atoms with Crippen molar-refractivity contribution in [1.29, 1.82) is 0 Å². The topological polar surface area (TPSA) is 29.5 Å². The predicted octanol–water partition coefficient (Wildman–Crippen LogP) is 8.21. The first-order valence-electron chi connectivity index (χ1n) is 11.3. The second kappa shape index (κ2) is 13.3. The van der Waals surface area contributed by atoms with Crippen LogP contribution in [-0.2, 0) is 12.8 Å². The van der Waals surface area contributed by atoms with Crippen LogP contribution in [0.25, 0.3) is 0 Å². The number of ether oxygens (including phenoxy) is 1. The van der Waals surface area contributed by atoms with Crippen LogP contribution in [-0.4, -0.2) is 5.11 Å². The van der Waals surface area contributed by atoms with Gasteiger partial charge in [0, 0.05) is 5.56 Å². The summed E-state index contributed by atoms with van der Waals surface area (Å²) in [6, 6.07) is 13.7. The molecule has 154 valence electrons. The molecule has 1 N–H and O–H groups in total. The first kappa shape index (κ1) is 22.3. The molecule has 2 aromatic carbocycles. The minimum atomic E-state index is 0.249. The molecule has 0 spiro atoms. The third-order valence-electron chi connectivity index (χ3n) is 5.38. The largest absolute Gasteiger partial charge is 0.504 e. The van der Waals surface area contributed by atoms with E-state index in [1.807, 2.05) is 30.3 Å². The highest BCUT2D eigenvalue weighted by molar-refractivity contribution is 5.52. The van der Waals surface area contributed by atoms with Crippen LogP contribution >= 0.6 is 0 Å². The van der Waals surface area contributed by atoms with Crippen molar-refractivity contribution >= 4 is 0 Å². The third-order valence-corrected chi connectivity index (χ3v) is 5.38. The maximum Gasteiger partial charge on any atom is 0.172 e. The summed E-state index contributed by atoms with van der Waals surface area (Å²) in [6.07, 6.45) is 14.8. The van der Waals surface area contributed by atoms with Crippen molar-refractivity contribution in [2.75, 3.05) is 0 Å². The second-order valence-electron chi connectivity index (χ2n) is 7.80. The molecule has 0 aliphatic rings. The summed E-state index contributed by atoms with van der Waals surface area (Å²) >= 11 is 0. The maximum atomic E-state index is 10.5. The van der Waals surface area contributed by atoms with E-state index in [0.717, 1.165) is 25.0 Å². The van der Waals surface area contributed by atoms with Gasteiger partial charge in [0.05, 0.1) is 0 Å². The van der Waals surface area contributed by atoms with Gasteiger partial charge in [-0.2, -0.15) is 0 Å². The molecule has 2 rings (SSSR count). The second-order valence-corrected chi connectivity index (χ2v) is 7.80. The standard InChI is InChI=1S/C26H38O2/c1-3-5-7-8-9-10-11-15-19-24-22(16-6-4-2)20-21-25(27)26(24)28-23-17-13-12-14-18-23/h12-14,17-18,20-21,27H,3-11,15-16,19H2,1-2H3. The zero-order valence-corrected chi connectivity index (χ0v) is 17.9. The Morgan fingerprint density at radius 3 is 2.00 bits per heavy atom. The van der Waals surface area contributed by atoms with Crippen molar-refractivity contribution in [3.05, 3.63) is 53.6 Å². The lowest BCUT2D eigenvalue weighted by Crippen LogP contribution is -2.00. The molecular formula is C26H38O2. The molecule has 0 radical (unpaired) electrons. The predicted molar refractivity (Wildman–Crippen MR) is 120 cm³/mol. The molecule has 0 aliphatic carbocycles. The van der Waals surface area contributed by atoms with Gasteiger partial charge in [-0.1, -0.05) is 89.5 Å². The van der Waals surface area contributed by atoms with Gasteiger partial charge in [-0.15, -0.1) is 0 Å². The van der Waals surface area contributed by atoms with Crippen LogP contribution in [0.3, 0.4) is 0 Å². The molecule has 2 aromatic rings. The van der Waals surface area contributed by atoms with E-state index >= 15 is 0 Å². The molecular weight excluding hydrogens is 344 g/mol. The number of aryl methyl sites for hydroxylation is 1. The van der Waals surface area contributed by atoms with Gasteiger partial charge in [-0.05, 0) is 49.4 Å². The van der Waals surface area contributed by atoms with Gasteiger partial charge in [0.1, 0.15) is 5.75 Å². The average Bonchev–Trinajstić information content (AvgIpc) is 2.72. The smallest absolute Gasteiger partial charge is 0.172 e. The fourth-order valence-corrected chi connectivity index (χ4v) is 3.69. The van der Waals surface area contributed by atoms with Crippen molar-refractivity contribution in [2.45, 2.75) is 90.9 Å². The number of phenols is 1. The quantitative estimate of drug-likeness (QED) is 0.333. The van der Waals surface area contributed by atoms with Crippen molar-refractivity contribution in [2.24, 2.45) is 0 Å². The van der Waals surface area contributed by atoms with E-state index in [1.165, 1.54) is 68.9 Å². The average molecular weight is 383 g/mol. The number of rotatable bonds is 14. The van der Waals surface area contributed by atoms with Gasteiger partial charge < -0.3 is 9.84 Å². The molecule has 28 heavy (non-hydrogen) atoms. The first-order valence-corrected chi connectivity index (χ1v) is 11.3. The Labute approximate surface area is 172 Å². The highest BCUT2D eigenvalue weighted by Crippen LogP contribution is 2.38. The summed E-state index contributed by atoms with van der Waals surface area (Å²) in [7, 11) is 0. The Kier molecular flexibility index (Phi) is 10.6. The zero-order chi connectivity index (χ0) is 20.0. The van der Waals surface area contributed by atoms with Crippen LogP contribution in [0.5, 0.6) is 17.2 Å². The molecule has 0 atom stereocenters. The number of unbranched alkanes of at least 4 members (excludes halogenated alkanes) is 8. The number of hydrogen-bond donors (Lipinski definition) is 1. The van der Waals surface area contributed by atoms with Crippen molar-refractivity contribution in [3.63, 3.8) is 0 Å². The summed E-state index contributed by atoms with van der Waals surface area (Å²) in [4.78, 5) is 0. The van der Waals surface area contributed by atoms with Crippen LogP contribution in [0.15, 0.2) is 42.5 Å². The minimum absolute atomic E-state index is 0.249. The minimum Gasteiger partial charge on any atom is -0.504 e. The van der Waals surface area contributed by atoms with Crippen molar-refractivity contribution < 1.29 is 9.84 Å². The van der Waals surface area contributed by atoms with E-state index in [1.54, 1.807) is 6.07 Å². The maximum absolute atomic E-state index is 10.5. The summed E-state index contributed by atoms with van der Waals surface area (Å²) in [5.41, 5.74) is 2.52. The van der Waals surface area contributed by atoms with E-state index in [-0.39, 0.29) is 5.75 Å². The highest BCUT2D eigenvalue weighted by Gasteiger charge is 2.15. The number of aromatic hydroxyl groups is 1. The van der Waals surface area contributed by atoms with Crippen LogP contribution in [0.4, 0.5) is 0 Å². The van der Waals surface area contributed by atoms with Gasteiger partial charge in [0.25, 0.3) is 0 Å². The fourth-order valence-electron chi connectivity index (χ4n) is 3.69. The Bertz CT molecular complexity index is 664. The van der Waals surface area contributed by atoms with E-state index < -0.39 is 0 Å². The SMILES string of the molecule is CCCCCCCCCCc1c(CCCC)ccc(O)c1Oc1ccccc1. The summed E-state index contributed by atoms with van der Waals surface area (Å²) in [5, 5.41) is 10.5. The lowest BCUT2D eigenvalue weighted by Gasteiger charge is -2.17. The highest BCUT2D eigenvalue weighted by atomic mass is 16.5. The van der Waals surface area contributed by atoms with Crippen molar-refractivity contribution in [3.8, 4) is 17.2 Å². The van der Waals surface area contributed by atoms with Gasteiger partial charge in [0.2, 0.25) is 0 Å². The number of hydrogen-bond acceptors (Lipinski definition) is 2. The van der Waals surface area contributed by atoms with Gasteiger partial charge in [-0.3, -0.25) is 0 Å². The van der Waals surface area contributed by atoms with Crippen LogP contribution in [0.2, 0.25) is 0 Å². The number of phenolic OH excluding ortho intramolecular Hbond substituents is 1. The zero-order valence-electron chi connectivity index (χ0n) is 17.9. The van der Waals surface area contributed by atoms with E-state index in [9.17, 15) is 5.11 Å². The summed E-state index contributed by atoms with van der Waals surface area (Å²) < 4.78 is 6.13. The third kappa shape index (κ3) is 7.58. The van der Waals surface area contributed by atoms with Gasteiger partial charge in [-0.25, -0.2) is 0 Å². The van der Waals surface area contributed by atoms with Crippen LogP contribution < -0.4 is 4.74 Å². The molecule has 0 heterocycles. The first-order chi connectivity index (χ1) is 13.8. The molecule has 2 nitrogen and oxygen atoms in total. The molecule has 0 fully saturated rings. The summed E-state index contributed by atoms with van der Waals surface area (Å²) in [6.45, 7) is 4.49. The molecule has 0 saturated heterocycles. The van der Waals surface area contributed by atoms with Crippen LogP contribution in [0.1, 0.15) is 89.2 Å². The Hall–Kier alpha value is -1.96. The van der Waals surface area contributed by atoms with Crippen LogP contribution in [0, 0.1) is 0 Å². The molecule has 0 unspecified atom stereocenters. The molecule has 0 amide bonds. The Morgan fingerprint density at radius 2 is 1.32 bits per heavy atom. The van der Waals surface area contributed by atoms with E-state index in [0.29, 0.717) is 5.75 Å². The monoisotopic (exact) mass is 382 g/mol. The lowest BCUT2D eigenvalue weighted by atomic mass is 9.95. The van der Waals surface area contributed by atoms with E-state index in [4.69, 9.17) is 4.74 Å². The number of benzene rings is 2. The summed E-state index contributed by atoms with van der Waals surface area (Å²) in [5.74, 6) is 1.68. The Morgan fingerprint density at radius 1 is 0.679 bits per heavy atom. The fraction of sp³-hybridized carbons (Fsp3) is 0.538. The molecule has 0 bridgehead atoms. The normalized spacial score (nSPS) is 10.9. The van der Waals surface area contributed by atoms with Gasteiger partial charge >= 0.3 is 0 Å². The van der Waals surface area contributed by atoms with E-state index in [2.05, 4.69) is 19.9 Å². The van der Waals surface area contributed by atoms with Gasteiger partial charge in [0.15, 0.2) is 11.5 Å². The van der Waals surface area contributed by atoms with Crippen molar-refractivity contribution in [1.82, 2.24) is 0 Å². The Balaban J connectivity index is 2.02. The molecule has 2 heteroatoms. The molecule has 0 aliphatic heterocycles. The lowest BCUT2D eigenvalue weighted by molar-refractivity contribution is 0.405. The molecule has 0 saturated carbocycles. The molecule has 0 aromatic heterocycles.